The van der Waals surface area contributed by atoms with Crippen molar-refractivity contribution in [3.8, 4) is 0 Å². The van der Waals surface area contributed by atoms with Crippen molar-refractivity contribution in [3.63, 3.8) is 0 Å². The maximum Gasteiger partial charge on any atom is 0.143 e. The van der Waals surface area contributed by atoms with Gasteiger partial charge in [-0.2, -0.15) is 0 Å². The van der Waals surface area contributed by atoms with Crippen molar-refractivity contribution in [1.82, 2.24) is 0 Å². The van der Waals surface area contributed by atoms with Crippen molar-refractivity contribution in [2.24, 2.45) is 0 Å². The minimum Gasteiger partial charge on any atom is -0.455 e. The molecule has 0 fully saturated rings. The van der Waals surface area contributed by atoms with E-state index >= 15 is 0 Å². The fourth-order valence-corrected chi connectivity index (χ4v) is 4.26. The maximum atomic E-state index is 6.34. The molecule has 5 aromatic rings. The van der Waals surface area contributed by atoms with E-state index in [0.717, 1.165) is 23.5 Å². The summed E-state index contributed by atoms with van der Waals surface area (Å²) in [5.74, 6) is 0. The molecule has 0 N–H and O–H groups in total. The lowest BCUT2D eigenvalue weighted by atomic mass is 10.1. The normalized spacial score (nSPS) is 13.8. The van der Waals surface area contributed by atoms with Crippen LogP contribution in [-0.4, -0.2) is 13.7 Å². The second-order valence-corrected chi connectivity index (χ2v) is 7.20. The van der Waals surface area contributed by atoms with Crippen LogP contribution in [0.4, 0.5) is 17.1 Å². The molecule has 0 saturated carbocycles. The molecular weight excluding hydrogens is 332 g/mol. The third-order valence-corrected chi connectivity index (χ3v) is 5.60. The first kappa shape index (κ1) is 14.7. The lowest BCUT2D eigenvalue weighted by Gasteiger charge is -2.19. The topological polar surface area (TPSA) is 19.6 Å². The average molecular weight is 350 g/mol. The van der Waals surface area contributed by atoms with Crippen LogP contribution >= 0.6 is 0 Å². The molecule has 0 spiro atoms. The fourth-order valence-electron chi connectivity index (χ4n) is 4.26. The third kappa shape index (κ3) is 2.02. The van der Waals surface area contributed by atoms with Crippen LogP contribution in [0.1, 0.15) is 0 Å². The first-order chi connectivity index (χ1) is 13.3. The van der Waals surface area contributed by atoms with E-state index in [1.807, 2.05) is 0 Å². The zero-order valence-corrected chi connectivity index (χ0v) is 15.0. The Morgan fingerprint density at radius 1 is 0.741 bits per heavy atom. The van der Waals surface area contributed by atoms with Gasteiger partial charge in [-0.15, -0.1) is 0 Å². The maximum absolute atomic E-state index is 6.34. The average Bonchev–Trinajstić information content (AvgIpc) is 3.26. The Hall–Kier alpha value is -3.46. The highest BCUT2D eigenvalue weighted by Crippen LogP contribution is 2.41. The van der Waals surface area contributed by atoms with Crippen LogP contribution in [0, 0.1) is 0 Å². The number of nitrogens with zero attached hydrogens (tertiary/aromatic N) is 2. The van der Waals surface area contributed by atoms with Gasteiger partial charge < -0.3 is 14.2 Å². The largest absolute Gasteiger partial charge is 0.455 e. The van der Waals surface area contributed by atoms with Crippen LogP contribution in [0.25, 0.3) is 32.7 Å². The molecule has 27 heavy (non-hydrogen) atoms. The molecule has 1 aliphatic heterocycles. The molecule has 130 valence electrons. The SMILES string of the molecule is CN1CN(c2ccc3c(c2)oc2c4ccccc4ccc32)c2ccccc21. The standard InChI is InChI=1S/C24H18N2O/c1-25-15-26(22-9-5-4-8-21(22)25)17-11-13-19-20-12-10-16-6-2-3-7-18(16)24(20)27-23(19)14-17/h2-14H,15H2,1H3. The molecule has 3 nitrogen and oxygen atoms in total. The van der Waals surface area contributed by atoms with Gasteiger partial charge in [0.1, 0.15) is 11.2 Å². The number of hydrogen-bond acceptors (Lipinski definition) is 3. The van der Waals surface area contributed by atoms with Gasteiger partial charge in [-0.05, 0) is 35.7 Å². The molecule has 0 bridgehead atoms. The van der Waals surface area contributed by atoms with Gasteiger partial charge in [0.15, 0.2) is 0 Å². The zero-order valence-electron chi connectivity index (χ0n) is 15.0. The number of rotatable bonds is 1. The van der Waals surface area contributed by atoms with E-state index in [0.29, 0.717) is 0 Å². The van der Waals surface area contributed by atoms with Crippen LogP contribution in [0.3, 0.4) is 0 Å². The smallest absolute Gasteiger partial charge is 0.143 e. The Labute approximate surface area is 157 Å². The minimum absolute atomic E-state index is 0.841. The van der Waals surface area contributed by atoms with Gasteiger partial charge in [-0.1, -0.05) is 42.5 Å². The predicted octanol–water partition coefficient (Wildman–Crippen LogP) is 6.28. The van der Waals surface area contributed by atoms with E-state index in [4.69, 9.17) is 4.42 Å². The van der Waals surface area contributed by atoms with Crippen LogP contribution in [-0.2, 0) is 0 Å². The summed E-state index contributed by atoms with van der Waals surface area (Å²) >= 11 is 0. The molecule has 0 unspecified atom stereocenters. The van der Waals surface area contributed by atoms with E-state index in [1.165, 1.54) is 32.9 Å². The molecule has 0 amide bonds. The van der Waals surface area contributed by atoms with Gasteiger partial charge >= 0.3 is 0 Å². The molecule has 2 heterocycles. The molecule has 1 aliphatic rings. The summed E-state index contributed by atoms with van der Waals surface area (Å²) in [7, 11) is 2.13. The van der Waals surface area contributed by atoms with Gasteiger partial charge in [-0.3, -0.25) is 0 Å². The number of fused-ring (bicyclic) bond motifs is 6. The number of hydrogen-bond donors (Lipinski definition) is 0. The molecule has 0 aliphatic carbocycles. The highest BCUT2D eigenvalue weighted by Gasteiger charge is 2.24. The lowest BCUT2D eigenvalue weighted by Crippen LogP contribution is -2.23. The molecular formula is C24H18N2O. The number of benzene rings is 4. The summed E-state index contributed by atoms with van der Waals surface area (Å²) < 4.78 is 6.34. The Morgan fingerprint density at radius 2 is 1.52 bits per heavy atom. The number of para-hydroxylation sites is 2. The number of furan rings is 1. The monoisotopic (exact) mass is 350 g/mol. The fraction of sp³-hybridized carbons (Fsp3) is 0.0833. The van der Waals surface area contributed by atoms with Gasteiger partial charge in [0.25, 0.3) is 0 Å². The van der Waals surface area contributed by atoms with Crippen LogP contribution in [0.15, 0.2) is 83.3 Å². The van der Waals surface area contributed by atoms with E-state index in [1.54, 1.807) is 0 Å². The highest BCUT2D eigenvalue weighted by molar-refractivity contribution is 6.15. The molecule has 0 saturated heterocycles. The van der Waals surface area contributed by atoms with Crippen molar-refractivity contribution in [3.05, 3.63) is 78.9 Å². The third-order valence-electron chi connectivity index (χ3n) is 5.60. The Bertz CT molecular complexity index is 1330. The van der Waals surface area contributed by atoms with Crippen molar-refractivity contribution < 1.29 is 4.42 Å². The van der Waals surface area contributed by atoms with Crippen molar-refractivity contribution in [2.45, 2.75) is 0 Å². The predicted molar refractivity (Wildman–Crippen MR) is 113 cm³/mol. The van der Waals surface area contributed by atoms with Crippen molar-refractivity contribution in [2.75, 3.05) is 23.5 Å². The minimum atomic E-state index is 0.841. The van der Waals surface area contributed by atoms with Gasteiger partial charge in [0.05, 0.1) is 18.0 Å². The quantitative estimate of drug-likeness (QED) is 0.354. The van der Waals surface area contributed by atoms with Crippen LogP contribution in [0.5, 0.6) is 0 Å². The molecule has 4 aromatic carbocycles. The highest BCUT2D eigenvalue weighted by atomic mass is 16.3. The summed E-state index contributed by atoms with van der Waals surface area (Å²) in [6.07, 6.45) is 0. The summed E-state index contributed by atoms with van der Waals surface area (Å²) in [5.41, 5.74) is 5.56. The molecule has 0 radical (unpaired) electrons. The zero-order chi connectivity index (χ0) is 18.0. The molecule has 1 aromatic heterocycles. The summed E-state index contributed by atoms with van der Waals surface area (Å²) in [6, 6.07) is 27.8. The van der Waals surface area contributed by atoms with Gasteiger partial charge in [-0.25, -0.2) is 0 Å². The summed E-state index contributed by atoms with van der Waals surface area (Å²) in [5, 5.41) is 4.72. The molecule has 6 rings (SSSR count). The van der Waals surface area contributed by atoms with E-state index in [9.17, 15) is 0 Å². The first-order valence-corrected chi connectivity index (χ1v) is 9.21. The van der Waals surface area contributed by atoms with Crippen molar-refractivity contribution in [1.29, 1.82) is 0 Å². The first-order valence-electron chi connectivity index (χ1n) is 9.21. The molecule has 0 atom stereocenters. The number of anilines is 3. The van der Waals surface area contributed by atoms with Crippen LogP contribution < -0.4 is 9.80 Å². The second kappa shape index (κ2) is 5.27. The van der Waals surface area contributed by atoms with Crippen molar-refractivity contribution >= 4 is 49.8 Å². The van der Waals surface area contributed by atoms with Gasteiger partial charge in [0, 0.05) is 35.0 Å². The second-order valence-electron chi connectivity index (χ2n) is 7.20. The van der Waals surface area contributed by atoms with Crippen LogP contribution in [0.2, 0.25) is 0 Å². The Morgan fingerprint density at radius 3 is 2.44 bits per heavy atom. The lowest BCUT2D eigenvalue weighted by molar-refractivity contribution is 0.672. The Kier molecular flexibility index (Phi) is 2.87. The van der Waals surface area contributed by atoms with E-state index < -0.39 is 0 Å². The molecule has 3 heteroatoms. The van der Waals surface area contributed by atoms with E-state index in [2.05, 4.69) is 95.7 Å². The van der Waals surface area contributed by atoms with Gasteiger partial charge in [0.2, 0.25) is 0 Å². The Balaban J connectivity index is 1.56. The summed E-state index contributed by atoms with van der Waals surface area (Å²) in [6.45, 7) is 0.841. The summed E-state index contributed by atoms with van der Waals surface area (Å²) in [4.78, 5) is 4.60. The van der Waals surface area contributed by atoms with E-state index in [-0.39, 0.29) is 0 Å².